The van der Waals surface area contributed by atoms with E-state index in [9.17, 15) is 4.79 Å². The Kier molecular flexibility index (Phi) is 6.13. The van der Waals surface area contributed by atoms with Crippen LogP contribution in [0.5, 0.6) is 5.75 Å². The standard InChI is InChI=1S/C23H28N2O4/c1-27-20-9-7-19(8-10-20)15-25-11-12-29-23(16-25)13-21(28-17-23)22(26)24-14-18-5-3-2-4-6-18/h2-10,21H,11-17H2,1H3,(H,24,26). The lowest BCUT2D eigenvalue weighted by atomic mass is 9.97. The molecule has 2 atom stereocenters. The number of morpholine rings is 1. The monoisotopic (exact) mass is 396 g/mol. The third kappa shape index (κ3) is 4.96. The molecule has 0 saturated carbocycles. The lowest BCUT2D eigenvalue weighted by Crippen LogP contribution is -2.52. The summed E-state index contributed by atoms with van der Waals surface area (Å²) in [7, 11) is 1.67. The summed E-state index contributed by atoms with van der Waals surface area (Å²) in [6.07, 6.45) is 0.131. The van der Waals surface area contributed by atoms with Gasteiger partial charge in [-0.25, -0.2) is 0 Å². The molecule has 1 N–H and O–H groups in total. The maximum absolute atomic E-state index is 12.6. The second kappa shape index (κ2) is 8.95. The summed E-state index contributed by atoms with van der Waals surface area (Å²) in [6.45, 7) is 4.10. The van der Waals surface area contributed by atoms with Crippen molar-refractivity contribution in [3.8, 4) is 5.75 Å². The number of ether oxygens (including phenoxy) is 3. The molecule has 2 fully saturated rings. The third-order valence-electron chi connectivity index (χ3n) is 5.60. The van der Waals surface area contributed by atoms with Gasteiger partial charge in [0, 0.05) is 32.6 Å². The van der Waals surface area contributed by atoms with Gasteiger partial charge < -0.3 is 19.5 Å². The minimum atomic E-state index is -0.459. The van der Waals surface area contributed by atoms with E-state index >= 15 is 0 Å². The van der Waals surface area contributed by atoms with Crippen LogP contribution in [0.15, 0.2) is 54.6 Å². The molecule has 2 heterocycles. The van der Waals surface area contributed by atoms with E-state index in [-0.39, 0.29) is 5.91 Å². The molecule has 0 radical (unpaired) electrons. The van der Waals surface area contributed by atoms with Gasteiger partial charge >= 0.3 is 0 Å². The third-order valence-corrected chi connectivity index (χ3v) is 5.60. The van der Waals surface area contributed by atoms with Gasteiger partial charge in [0.2, 0.25) is 5.91 Å². The van der Waals surface area contributed by atoms with Gasteiger partial charge in [0.15, 0.2) is 0 Å². The lowest BCUT2D eigenvalue weighted by molar-refractivity contribution is -0.130. The molecule has 6 heteroatoms. The second-order valence-corrected chi connectivity index (χ2v) is 7.80. The molecule has 0 bridgehead atoms. The summed E-state index contributed by atoms with van der Waals surface area (Å²) >= 11 is 0. The van der Waals surface area contributed by atoms with Gasteiger partial charge in [0.05, 0.1) is 20.3 Å². The van der Waals surface area contributed by atoms with Gasteiger partial charge in [-0.1, -0.05) is 42.5 Å². The number of hydrogen-bond acceptors (Lipinski definition) is 5. The Balaban J connectivity index is 1.30. The highest BCUT2D eigenvalue weighted by atomic mass is 16.6. The topological polar surface area (TPSA) is 60.0 Å². The molecule has 29 heavy (non-hydrogen) atoms. The number of benzene rings is 2. The van der Waals surface area contributed by atoms with E-state index in [1.165, 1.54) is 5.56 Å². The van der Waals surface area contributed by atoms with E-state index < -0.39 is 11.7 Å². The van der Waals surface area contributed by atoms with Gasteiger partial charge in [-0.3, -0.25) is 9.69 Å². The van der Waals surface area contributed by atoms with Crippen LogP contribution in [0, 0.1) is 0 Å². The summed E-state index contributed by atoms with van der Waals surface area (Å²) in [4.78, 5) is 14.9. The van der Waals surface area contributed by atoms with E-state index in [1.54, 1.807) is 7.11 Å². The summed E-state index contributed by atoms with van der Waals surface area (Å²) in [5, 5.41) is 2.98. The van der Waals surface area contributed by atoms with Crippen molar-refractivity contribution >= 4 is 5.91 Å². The molecule has 0 aromatic heterocycles. The molecule has 2 unspecified atom stereocenters. The SMILES string of the molecule is COc1ccc(CN2CCOC3(COC(C(=O)NCc4ccccc4)C3)C2)cc1. The maximum atomic E-state index is 12.6. The largest absolute Gasteiger partial charge is 0.497 e. The summed E-state index contributed by atoms with van der Waals surface area (Å²) in [6, 6.07) is 18.0. The van der Waals surface area contributed by atoms with Crippen molar-refractivity contribution in [2.45, 2.75) is 31.2 Å². The molecule has 2 aliphatic rings. The van der Waals surface area contributed by atoms with Crippen LogP contribution in [0.3, 0.4) is 0 Å². The molecule has 2 aromatic rings. The van der Waals surface area contributed by atoms with Gasteiger partial charge in [0.1, 0.15) is 17.5 Å². The van der Waals surface area contributed by atoms with E-state index in [0.717, 1.165) is 30.9 Å². The van der Waals surface area contributed by atoms with Crippen molar-refractivity contribution < 1.29 is 19.0 Å². The first-order valence-corrected chi connectivity index (χ1v) is 10.1. The molecule has 1 amide bonds. The number of nitrogens with one attached hydrogen (secondary N) is 1. The van der Waals surface area contributed by atoms with Gasteiger partial charge in [-0.05, 0) is 23.3 Å². The van der Waals surface area contributed by atoms with Crippen LogP contribution < -0.4 is 10.1 Å². The first-order chi connectivity index (χ1) is 14.2. The van der Waals surface area contributed by atoms with Crippen molar-refractivity contribution in [3.63, 3.8) is 0 Å². The van der Waals surface area contributed by atoms with Crippen molar-refractivity contribution in [1.29, 1.82) is 0 Å². The second-order valence-electron chi connectivity index (χ2n) is 7.80. The minimum Gasteiger partial charge on any atom is -0.497 e. The van der Waals surface area contributed by atoms with Gasteiger partial charge in [-0.15, -0.1) is 0 Å². The van der Waals surface area contributed by atoms with Crippen LogP contribution >= 0.6 is 0 Å². The van der Waals surface area contributed by atoms with E-state index in [0.29, 0.717) is 26.2 Å². The quantitative estimate of drug-likeness (QED) is 0.812. The number of hydrogen-bond donors (Lipinski definition) is 1. The number of carbonyl (C=O) groups is 1. The minimum absolute atomic E-state index is 0.0680. The average molecular weight is 396 g/mol. The first-order valence-electron chi connectivity index (χ1n) is 10.1. The first kappa shape index (κ1) is 19.9. The Hall–Kier alpha value is -2.41. The number of amides is 1. The highest BCUT2D eigenvalue weighted by Gasteiger charge is 2.46. The summed E-state index contributed by atoms with van der Waals surface area (Å²) in [5.41, 5.74) is 1.91. The molecular weight excluding hydrogens is 368 g/mol. The Labute approximate surface area is 171 Å². The van der Waals surface area contributed by atoms with Gasteiger partial charge in [-0.2, -0.15) is 0 Å². The smallest absolute Gasteiger partial charge is 0.249 e. The fourth-order valence-corrected chi connectivity index (χ4v) is 4.03. The Morgan fingerprint density at radius 2 is 1.97 bits per heavy atom. The Bertz CT molecular complexity index is 811. The van der Waals surface area contributed by atoms with Crippen LogP contribution in [-0.4, -0.2) is 55.9 Å². The van der Waals surface area contributed by atoms with Crippen LogP contribution in [0.2, 0.25) is 0 Å². The summed E-state index contributed by atoms with van der Waals surface area (Å²) in [5.74, 6) is 0.794. The van der Waals surface area contributed by atoms with Crippen molar-refractivity contribution in [2.75, 3.05) is 33.4 Å². The molecule has 2 aliphatic heterocycles. The molecule has 1 spiro atoms. The number of rotatable bonds is 6. The highest BCUT2D eigenvalue weighted by molar-refractivity contribution is 5.81. The van der Waals surface area contributed by atoms with Crippen LogP contribution in [-0.2, 0) is 27.4 Å². The normalized spacial score (nSPS) is 24.5. The molecule has 0 aliphatic carbocycles. The average Bonchev–Trinajstić information content (AvgIpc) is 3.16. The van der Waals surface area contributed by atoms with Crippen LogP contribution in [0.25, 0.3) is 0 Å². The Morgan fingerprint density at radius 1 is 1.17 bits per heavy atom. The predicted octanol–water partition coefficient (Wildman–Crippen LogP) is 2.37. The number of methoxy groups -OCH3 is 1. The molecule has 6 nitrogen and oxygen atoms in total. The zero-order valence-corrected chi connectivity index (χ0v) is 16.8. The zero-order valence-electron chi connectivity index (χ0n) is 16.8. The number of nitrogens with zero attached hydrogens (tertiary/aromatic N) is 1. The van der Waals surface area contributed by atoms with Crippen LogP contribution in [0.4, 0.5) is 0 Å². The van der Waals surface area contributed by atoms with Crippen molar-refractivity contribution in [3.05, 3.63) is 65.7 Å². The van der Waals surface area contributed by atoms with E-state index in [4.69, 9.17) is 14.2 Å². The maximum Gasteiger partial charge on any atom is 0.249 e. The van der Waals surface area contributed by atoms with E-state index in [1.807, 2.05) is 42.5 Å². The van der Waals surface area contributed by atoms with Crippen molar-refractivity contribution in [1.82, 2.24) is 10.2 Å². The fraction of sp³-hybridized carbons (Fsp3) is 0.435. The molecule has 2 saturated heterocycles. The van der Waals surface area contributed by atoms with E-state index in [2.05, 4.69) is 22.3 Å². The molecule has 2 aromatic carbocycles. The fourth-order valence-electron chi connectivity index (χ4n) is 4.03. The summed E-state index contributed by atoms with van der Waals surface area (Å²) < 4.78 is 17.2. The predicted molar refractivity (Wildman–Crippen MR) is 110 cm³/mol. The molecular formula is C23H28N2O4. The van der Waals surface area contributed by atoms with Crippen molar-refractivity contribution in [2.24, 2.45) is 0 Å². The lowest BCUT2D eigenvalue weighted by Gasteiger charge is -2.39. The highest BCUT2D eigenvalue weighted by Crippen LogP contribution is 2.32. The van der Waals surface area contributed by atoms with Crippen LogP contribution in [0.1, 0.15) is 17.5 Å². The zero-order chi connectivity index (χ0) is 20.1. The molecule has 4 rings (SSSR count). The Morgan fingerprint density at radius 3 is 2.72 bits per heavy atom. The number of carbonyl (C=O) groups excluding carboxylic acids is 1. The van der Waals surface area contributed by atoms with Gasteiger partial charge in [0.25, 0.3) is 0 Å². The molecule has 154 valence electrons.